The highest BCUT2D eigenvalue weighted by molar-refractivity contribution is 8.00. The Labute approximate surface area is 75.4 Å². The van der Waals surface area contributed by atoms with E-state index in [1.807, 2.05) is 6.07 Å². The summed E-state index contributed by atoms with van der Waals surface area (Å²) in [6.07, 6.45) is 1.67. The average molecular weight is 182 g/mol. The molecule has 0 saturated carbocycles. The van der Waals surface area contributed by atoms with Crippen LogP contribution in [0.1, 0.15) is 6.92 Å². The molecule has 0 amide bonds. The van der Waals surface area contributed by atoms with Crippen molar-refractivity contribution < 1.29 is 4.79 Å². The van der Waals surface area contributed by atoms with Gasteiger partial charge in [0.2, 0.25) is 0 Å². The van der Waals surface area contributed by atoms with Crippen LogP contribution in [0.25, 0.3) is 0 Å². The summed E-state index contributed by atoms with van der Waals surface area (Å²) in [5, 5.41) is 0. The third-order valence-corrected chi connectivity index (χ3v) is 2.33. The Morgan fingerprint density at radius 2 is 2.42 bits per heavy atom. The maximum atomic E-state index is 10.6. The Balaban J connectivity index is 2.53. The van der Waals surface area contributed by atoms with E-state index in [2.05, 4.69) is 4.98 Å². The van der Waals surface area contributed by atoms with E-state index in [1.54, 1.807) is 19.2 Å². The third kappa shape index (κ3) is 2.92. The molecule has 4 heteroatoms. The SMILES string of the molecule is CC(=O)CSc1ccc(N)nc1. The Kier molecular flexibility index (Phi) is 3.10. The topological polar surface area (TPSA) is 56.0 Å². The molecule has 12 heavy (non-hydrogen) atoms. The van der Waals surface area contributed by atoms with E-state index in [9.17, 15) is 4.79 Å². The van der Waals surface area contributed by atoms with E-state index in [0.29, 0.717) is 11.6 Å². The normalized spacial score (nSPS) is 9.75. The van der Waals surface area contributed by atoms with Crippen molar-refractivity contribution >= 4 is 23.4 Å². The zero-order valence-corrected chi connectivity index (χ0v) is 7.60. The molecular weight excluding hydrogens is 172 g/mol. The number of carbonyl (C=O) groups excluding carboxylic acids is 1. The van der Waals surface area contributed by atoms with Gasteiger partial charge in [-0.2, -0.15) is 0 Å². The largest absolute Gasteiger partial charge is 0.384 e. The standard InChI is InChI=1S/C8H10N2OS/c1-6(11)5-12-7-2-3-8(9)10-4-7/h2-4H,5H2,1H3,(H2,9,10). The van der Waals surface area contributed by atoms with Crippen LogP contribution in [0.2, 0.25) is 0 Å². The number of ketones is 1. The van der Waals surface area contributed by atoms with Gasteiger partial charge < -0.3 is 5.73 Å². The van der Waals surface area contributed by atoms with Crippen LogP contribution in [0.5, 0.6) is 0 Å². The fourth-order valence-electron chi connectivity index (χ4n) is 0.662. The quantitative estimate of drug-likeness (QED) is 0.717. The summed E-state index contributed by atoms with van der Waals surface area (Å²) >= 11 is 1.47. The first-order valence-electron chi connectivity index (χ1n) is 3.52. The molecule has 64 valence electrons. The van der Waals surface area contributed by atoms with Crippen molar-refractivity contribution in [3.8, 4) is 0 Å². The summed E-state index contributed by atoms with van der Waals surface area (Å²) in [4.78, 5) is 15.5. The Bertz CT molecular complexity index is 271. The zero-order valence-electron chi connectivity index (χ0n) is 6.78. The van der Waals surface area contributed by atoms with E-state index in [0.717, 1.165) is 4.90 Å². The second-order valence-electron chi connectivity index (χ2n) is 2.41. The minimum Gasteiger partial charge on any atom is -0.384 e. The fourth-order valence-corrected chi connectivity index (χ4v) is 1.32. The average Bonchev–Trinajstić information content (AvgIpc) is 2.03. The molecule has 0 atom stereocenters. The summed E-state index contributed by atoms with van der Waals surface area (Å²) < 4.78 is 0. The lowest BCUT2D eigenvalue weighted by atomic mass is 10.5. The molecule has 0 unspecified atom stereocenters. The van der Waals surface area contributed by atoms with Crippen LogP contribution in [0.3, 0.4) is 0 Å². The van der Waals surface area contributed by atoms with Gasteiger partial charge in [0.1, 0.15) is 11.6 Å². The molecule has 0 aliphatic heterocycles. The summed E-state index contributed by atoms with van der Waals surface area (Å²) in [5.41, 5.74) is 5.40. The van der Waals surface area contributed by atoms with E-state index in [-0.39, 0.29) is 5.78 Å². The van der Waals surface area contributed by atoms with Crippen LogP contribution in [0.15, 0.2) is 23.2 Å². The van der Waals surface area contributed by atoms with Gasteiger partial charge in [0.05, 0.1) is 5.75 Å². The zero-order chi connectivity index (χ0) is 8.97. The van der Waals surface area contributed by atoms with Gasteiger partial charge in [-0.05, 0) is 19.1 Å². The second kappa shape index (κ2) is 4.11. The third-order valence-electron chi connectivity index (χ3n) is 1.20. The number of carbonyl (C=O) groups is 1. The van der Waals surface area contributed by atoms with Crippen molar-refractivity contribution in [1.29, 1.82) is 0 Å². The van der Waals surface area contributed by atoms with Crippen molar-refractivity contribution in [3.63, 3.8) is 0 Å². The van der Waals surface area contributed by atoms with Crippen LogP contribution in [0.4, 0.5) is 5.82 Å². The molecule has 0 saturated heterocycles. The number of hydrogen-bond acceptors (Lipinski definition) is 4. The van der Waals surface area contributed by atoms with Crippen molar-refractivity contribution in [2.75, 3.05) is 11.5 Å². The van der Waals surface area contributed by atoms with Crippen LogP contribution in [0, 0.1) is 0 Å². The molecule has 2 N–H and O–H groups in total. The lowest BCUT2D eigenvalue weighted by molar-refractivity contribution is -0.114. The van der Waals surface area contributed by atoms with Crippen molar-refractivity contribution in [2.45, 2.75) is 11.8 Å². The Morgan fingerprint density at radius 1 is 1.67 bits per heavy atom. The molecule has 0 spiro atoms. The maximum Gasteiger partial charge on any atom is 0.140 e. The first-order valence-corrected chi connectivity index (χ1v) is 4.51. The summed E-state index contributed by atoms with van der Waals surface area (Å²) in [5.74, 6) is 1.16. The molecule has 1 aromatic heterocycles. The van der Waals surface area contributed by atoms with E-state index in [4.69, 9.17) is 5.73 Å². The smallest absolute Gasteiger partial charge is 0.140 e. The number of rotatable bonds is 3. The number of anilines is 1. The number of Topliss-reactive ketones (excluding diaryl/α,β-unsaturated/α-hetero) is 1. The highest BCUT2D eigenvalue weighted by Crippen LogP contribution is 2.16. The van der Waals surface area contributed by atoms with E-state index in [1.165, 1.54) is 11.8 Å². The van der Waals surface area contributed by atoms with Gasteiger partial charge in [0.15, 0.2) is 0 Å². The van der Waals surface area contributed by atoms with E-state index >= 15 is 0 Å². The molecule has 0 aliphatic carbocycles. The first kappa shape index (κ1) is 9.06. The van der Waals surface area contributed by atoms with Crippen molar-refractivity contribution in [2.24, 2.45) is 0 Å². The summed E-state index contributed by atoms with van der Waals surface area (Å²) in [6.45, 7) is 1.57. The van der Waals surface area contributed by atoms with Crippen LogP contribution in [-0.4, -0.2) is 16.5 Å². The first-order chi connectivity index (χ1) is 5.68. The molecule has 0 aromatic carbocycles. The minimum absolute atomic E-state index is 0.164. The molecule has 3 nitrogen and oxygen atoms in total. The summed E-state index contributed by atoms with van der Waals surface area (Å²) in [7, 11) is 0. The number of aromatic nitrogens is 1. The van der Waals surface area contributed by atoms with Gasteiger partial charge in [-0.1, -0.05) is 0 Å². The van der Waals surface area contributed by atoms with Gasteiger partial charge in [-0.3, -0.25) is 4.79 Å². The molecule has 0 aliphatic rings. The number of hydrogen-bond donors (Lipinski definition) is 1. The Morgan fingerprint density at radius 3 is 2.92 bits per heavy atom. The van der Waals surface area contributed by atoms with Crippen molar-refractivity contribution in [3.05, 3.63) is 18.3 Å². The predicted octanol–water partition coefficient (Wildman–Crippen LogP) is 1.34. The maximum absolute atomic E-state index is 10.6. The number of nitrogens with zero attached hydrogens (tertiary/aromatic N) is 1. The molecule has 0 bridgehead atoms. The number of nitrogen functional groups attached to an aromatic ring is 1. The van der Waals surface area contributed by atoms with Crippen LogP contribution >= 0.6 is 11.8 Å². The number of nitrogens with two attached hydrogens (primary N) is 1. The fraction of sp³-hybridized carbons (Fsp3) is 0.250. The van der Waals surface area contributed by atoms with Gasteiger partial charge in [0.25, 0.3) is 0 Å². The molecule has 0 fully saturated rings. The molecule has 1 aromatic rings. The van der Waals surface area contributed by atoms with Crippen LogP contribution < -0.4 is 5.73 Å². The lowest BCUT2D eigenvalue weighted by Crippen LogP contribution is -1.93. The van der Waals surface area contributed by atoms with Crippen LogP contribution in [-0.2, 0) is 4.79 Å². The highest BCUT2D eigenvalue weighted by Gasteiger charge is 1.96. The number of pyridine rings is 1. The molecule has 1 rings (SSSR count). The second-order valence-corrected chi connectivity index (χ2v) is 3.46. The monoisotopic (exact) mass is 182 g/mol. The van der Waals surface area contributed by atoms with Gasteiger partial charge in [-0.15, -0.1) is 11.8 Å². The lowest BCUT2D eigenvalue weighted by Gasteiger charge is -1.97. The highest BCUT2D eigenvalue weighted by atomic mass is 32.2. The van der Waals surface area contributed by atoms with Gasteiger partial charge in [0, 0.05) is 11.1 Å². The molecule has 1 heterocycles. The minimum atomic E-state index is 0.164. The van der Waals surface area contributed by atoms with E-state index < -0.39 is 0 Å². The summed E-state index contributed by atoms with van der Waals surface area (Å²) in [6, 6.07) is 3.58. The van der Waals surface area contributed by atoms with Gasteiger partial charge in [-0.25, -0.2) is 4.98 Å². The predicted molar refractivity (Wildman–Crippen MR) is 50.1 cm³/mol. The molecular formula is C8H10N2OS. The number of thioether (sulfide) groups is 1. The van der Waals surface area contributed by atoms with Gasteiger partial charge >= 0.3 is 0 Å². The Hall–Kier alpha value is -1.03. The van der Waals surface area contributed by atoms with Crippen molar-refractivity contribution in [1.82, 2.24) is 4.98 Å². The molecule has 0 radical (unpaired) electrons.